The van der Waals surface area contributed by atoms with Crippen molar-refractivity contribution in [3.8, 4) is 0 Å². The van der Waals surface area contributed by atoms with Crippen molar-refractivity contribution in [2.24, 2.45) is 0 Å². The third-order valence-electron chi connectivity index (χ3n) is 4.35. The van der Waals surface area contributed by atoms with E-state index in [0.717, 1.165) is 28.9 Å². The molecular weight excluding hydrogens is 344 g/mol. The highest BCUT2D eigenvalue weighted by Gasteiger charge is 2.16. The second-order valence-corrected chi connectivity index (χ2v) is 7.10. The molecule has 1 aromatic carbocycles. The lowest BCUT2D eigenvalue weighted by molar-refractivity contribution is 0.0944. The van der Waals surface area contributed by atoms with Crippen LogP contribution in [0, 0.1) is 0 Å². The third-order valence-corrected chi connectivity index (χ3v) is 5.20. The molecule has 1 N–H and O–H groups in total. The normalized spacial score (nSPS) is 11.1. The van der Waals surface area contributed by atoms with Gasteiger partial charge in [0.2, 0.25) is 0 Å². The van der Waals surface area contributed by atoms with Gasteiger partial charge < -0.3 is 9.88 Å². The minimum absolute atomic E-state index is 0.0233. The van der Waals surface area contributed by atoms with Gasteiger partial charge in [-0.25, -0.2) is 0 Å². The number of benzene rings is 1. The van der Waals surface area contributed by atoms with Gasteiger partial charge >= 0.3 is 0 Å². The maximum atomic E-state index is 12.7. The molecule has 3 heterocycles. The fraction of sp³-hybridized carbons (Fsp3) is 0.200. The molecule has 4 aromatic rings. The van der Waals surface area contributed by atoms with E-state index in [1.54, 1.807) is 17.5 Å². The Hall–Kier alpha value is -2.86. The van der Waals surface area contributed by atoms with Gasteiger partial charge in [-0.3, -0.25) is 9.48 Å². The van der Waals surface area contributed by atoms with Gasteiger partial charge in [-0.15, -0.1) is 11.3 Å². The van der Waals surface area contributed by atoms with Crippen molar-refractivity contribution < 1.29 is 4.79 Å². The number of nitrogens with zero attached hydrogens (tertiary/aromatic N) is 3. The monoisotopic (exact) mass is 364 g/mol. The molecule has 0 spiro atoms. The van der Waals surface area contributed by atoms with Crippen molar-refractivity contribution in [2.45, 2.75) is 19.5 Å². The first-order chi connectivity index (χ1) is 12.8. The largest absolute Gasteiger partial charge is 0.351 e. The molecule has 0 radical (unpaired) electrons. The molecule has 0 aliphatic rings. The van der Waals surface area contributed by atoms with Gasteiger partial charge in [0.15, 0.2) is 0 Å². The molecule has 0 saturated heterocycles. The quantitative estimate of drug-likeness (QED) is 0.508. The van der Waals surface area contributed by atoms with E-state index in [-0.39, 0.29) is 5.91 Å². The van der Waals surface area contributed by atoms with Crippen LogP contribution >= 0.6 is 11.3 Å². The average molecular weight is 364 g/mol. The molecule has 0 atom stereocenters. The maximum absolute atomic E-state index is 12.7. The molecule has 6 heteroatoms. The average Bonchev–Trinajstić information content (AvgIpc) is 3.38. The number of fused-ring (bicyclic) bond motifs is 1. The lowest BCUT2D eigenvalue weighted by Gasteiger charge is -2.11. The smallest absolute Gasteiger partial charge is 0.267 e. The molecule has 0 aliphatic carbocycles. The minimum Gasteiger partial charge on any atom is -0.351 e. The number of hydrogen-bond donors (Lipinski definition) is 1. The van der Waals surface area contributed by atoms with Crippen LogP contribution in [0.4, 0.5) is 0 Å². The predicted molar refractivity (Wildman–Crippen MR) is 105 cm³/mol. The Morgan fingerprint density at radius 2 is 2.04 bits per heavy atom. The molecule has 4 rings (SSSR count). The number of amides is 1. The van der Waals surface area contributed by atoms with Gasteiger partial charge in [0.1, 0.15) is 5.69 Å². The van der Waals surface area contributed by atoms with Crippen molar-refractivity contribution in [3.63, 3.8) is 0 Å². The first-order valence-electron chi connectivity index (χ1n) is 8.67. The number of carbonyl (C=O) groups excluding carboxylic acids is 1. The van der Waals surface area contributed by atoms with Gasteiger partial charge in [-0.1, -0.05) is 30.3 Å². The van der Waals surface area contributed by atoms with Gasteiger partial charge in [0, 0.05) is 32.0 Å². The minimum atomic E-state index is -0.0233. The molecule has 0 bridgehead atoms. The Morgan fingerprint density at radius 1 is 1.15 bits per heavy atom. The Morgan fingerprint density at radius 3 is 2.85 bits per heavy atom. The summed E-state index contributed by atoms with van der Waals surface area (Å²) in [6.45, 7) is 2.12. The SMILES string of the molecule is O=C(NCCCn1cccn1)c1cc2sccc2n1Cc1ccccc1. The zero-order valence-electron chi connectivity index (χ0n) is 14.3. The number of hydrogen-bond acceptors (Lipinski definition) is 3. The molecule has 1 amide bonds. The predicted octanol–water partition coefficient (Wildman–Crippen LogP) is 3.77. The van der Waals surface area contributed by atoms with Crippen molar-refractivity contribution in [1.29, 1.82) is 0 Å². The Kier molecular flexibility index (Phi) is 4.84. The number of nitrogens with one attached hydrogen (secondary N) is 1. The summed E-state index contributed by atoms with van der Waals surface area (Å²) in [5, 5.41) is 9.28. The second kappa shape index (κ2) is 7.58. The van der Waals surface area contributed by atoms with E-state index in [9.17, 15) is 4.79 Å². The lowest BCUT2D eigenvalue weighted by atomic mass is 10.2. The zero-order chi connectivity index (χ0) is 17.8. The number of carbonyl (C=O) groups is 1. The van der Waals surface area contributed by atoms with E-state index in [0.29, 0.717) is 13.1 Å². The van der Waals surface area contributed by atoms with Crippen LogP contribution in [0.5, 0.6) is 0 Å². The van der Waals surface area contributed by atoms with E-state index in [2.05, 4.69) is 38.6 Å². The summed E-state index contributed by atoms with van der Waals surface area (Å²) >= 11 is 1.66. The zero-order valence-corrected chi connectivity index (χ0v) is 15.2. The van der Waals surface area contributed by atoms with Crippen LogP contribution in [-0.2, 0) is 13.1 Å². The number of aromatic nitrogens is 3. The molecule has 26 heavy (non-hydrogen) atoms. The highest BCUT2D eigenvalue weighted by Crippen LogP contribution is 2.26. The topological polar surface area (TPSA) is 51.9 Å². The van der Waals surface area contributed by atoms with Crippen LogP contribution in [-0.4, -0.2) is 26.8 Å². The van der Waals surface area contributed by atoms with Crippen molar-refractivity contribution in [1.82, 2.24) is 19.7 Å². The maximum Gasteiger partial charge on any atom is 0.267 e. The van der Waals surface area contributed by atoms with Gasteiger partial charge in [-0.2, -0.15) is 5.10 Å². The van der Waals surface area contributed by atoms with E-state index in [1.165, 1.54) is 5.56 Å². The Labute approximate surface area is 155 Å². The molecule has 3 aromatic heterocycles. The third kappa shape index (κ3) is 3.55. The summed E-state index contributed by atoms with van der Waals surface area (Å²) in [5.41, 5.74) is 3.01. The van der Waals surface area contributed by atoms with Crippen LogP contribution in [0.15, 0.2) is 66.3 Å². The van der Waals surface area contributed by atoms with E-state index < -0.39 is 0 Å². The van der Waals surface area contributed by atoms with Gasteiger partial charge in [0.25, 0.3) is 5.91 Å². The molecular formula is C20H20N4OS. The lowest BCUT2D eigenvalue weighted by Crippen LogP contribution is -2.27. The van der Waals surface area contributed by atoms with Crippen LogP contribution in [0.3, 0.4) is 0 Å². The molecule has 132 valence electrons. The molecule has 0 fully saturated rings. The van der Waals surface area contributed by atoms with E-state index >= 15 is 0 Å². The number of rotatable bonds is 7. The highest BCUT2D eigenvalue weighted by atomic mass is 32.1. The summed E-state index contributed by atoms with van der Waals surface area (Å²) in [6, 6.07) is 16.2. The molecule has 0 unspecified atom stereocenters. The highest BCUT2D eigenvalue weighted by molar-refractivity contribution is 7.17. The number of thiophene rings is 1. The molecule has 5 nitrogen and oxygen atoms in total. The van der Waals surface area contributed by atoms with Crippen LogP contribution in [0.25, 0.3) is 10.2 Å². The second-order valence-electron chi connectivity index (χ2n) is 6.15. The van der Waals surface area contributed by atoms with Crippen LogP contribution in [0.1, 0.15) is 22.5 Å². The van der Waals surface area contributed by atoms with Crippen LogP contribution in [0.2, 0.25) is 0 Å². The van der Waals surface area contributed by atoms with Crippen molar-refractivity contribution in [2.75, 3.05) is 6.54 Å². The van der Waals surface area contributed by atoms with Crippen molar-refractivity contribution >= 4 is 27.5 Å². The summed E-state index contributed by atoms with van der Waals surface area (Å²) in [7, 11) is 0. The fourth-order valence-electron chi connectivity index (χ4n) is 3.07. The van der Waals surface area contributed by atoms with E-state index in [4.69, 9.17) is 0 Å². The molecule has 0 aliphatic heterocycles. The summed E-state index contributed by atoms with van der Waals surface area (Å²) in [5.74, 6) is -0.0233. The Balaban J connectivity index is 1.47. The summed E-state index contributed by atoms with van der Waals surface area (Å²) in [4.78, 5) is 12.7. The fourth-order valence-corrected chi connectivity index (χ4v) is 3.89. The number of aryl methyl sites for hydroxylation is 1. The van der Waals surface area contributed by atoms with Crippen molar-refractivity contribution in [3.05, 3.63) is 77.6 Å². The summed E-state index contributed by atoms with van der Waals surface area (Å²) in [6.07, 6.45) is 4.55. The van der Waals surface area contributed by atoms with Gasteiger partial charge in [0.05, 0.1) is 10.2 Å². The first kappa shape index (κ1) is 16.6. The van der Waals surface area contributed by atoms with Crippen LogP contribution < -0.4 is 5.32 Å². The molecule has 0 saturated carbocycles. The first-order valence-corrected chi connectivity index (χ1v) is 9.55. The summed E-state index contributed by atoms with van der Waals surface area (Å²) < 4.78 is 5.12. The van der Waals surface area contributed by atoms with Gasteiger partial charge in [-0.05, 0) is 35.6 Å². The Bertz CT molecular complexity index is 986. The standard InChI is InChI=1S/C20H20N4OS/c25-20(21-9-4-11-23-12-5-10-22-23)18-14-19-17(8-13-26-19)24(18)15-16-6-2-1-3-7-16/h1-3,5-8,10,12-14H,4,9,11,15H2,(H,21,25). The van der Waals surface area contributed by atoms with E-state index in [1.807, 2.05) is 41.2 Å².